The van der Waals surface area contributed by atoms with Crippen LogP contribution in [0.4, 0.5) is 4.39 Å². The van der Waals surface area contributed by atoms with E-state index < -0.39 is 0 Å². The van der Waals surface area contributed by atoms with Gasteiger partial charge in [-0.2, -0.15) is 0 Å². The van der Waals surface area contributed by atoms with E-state index in [9.17, 15) is 9.18 Å². The quantitative estimate of drug-likeness (QED) is 0.679. The Balaban J connectivity index is 1.30. The molecule has 1 aliphatic rings. The molecule has 1 saturated heterocycles. The molecule has 6 heteroatoms. The largest absolute Gasteiger partial charge is 0.310 e. The molecule has 4 rings (SSSR count). The first kappa shape index (κ1) is 20.7. The van der Waals surface area contributed by atoms with Crippen molar-refractivity contribution in [3.05, 3.63) is 75.5 Å². The molecule has 1 fully saturated rings. The lowest BCUT2D eigenvalue weighted by Crippen LogP contribution is -2.43. The van der Waals surface area contributed by atoms with Gasteiger partial charge in [0.1, 0.15) is 5.82 Å². The van der Waals surface area contributed by atoms with E-state index in [-0.39, 0.29) is 11.4 Å². The van der Waals surface area contributed by atoms with Crippen molar-refractivity contribution < 1.29 is 4.39 Å². The number of rotatable bonds is 6. The van der Waals surface area contributed by atoms with E-state index in [0.717, 1.165) is 54.6 Å². The van der Waals surface area contributed by atoms with Crippen LogP contribution in [0.2, 0.25) is 0 Å². The molecular weight excluding hydrogens is 379 g/mol. The van der Waals surface area contributed by atoms with Gasteiger partial charge in [0.2, 0.25) is 0 Å². The fraction of sp³-hybridized carbons (Fsp3) is 0.417. The number of benzene rings is 2. The van der Waals surface area contributed by atoms with Crippen molar-refractivity contribution in [1.82, 2.24) is 19.8 Å². The molecule has 2 aromatic carbocycles. The van der Waals surface area contributed by atoms with Crippen LogP contribution in [0.3, 0.4) is 0 Å². The molecule has 30 heavy (non-hydrogen) atoms. The minimum absolute atomic E-state index is 0.0463. The maximum Gasteiger partial charge on any atom is 0.269 e. The summed E-state index contributed by atoms with van der Waals surface area (Å²) in [5.74, 6) is -0.141. The molecule has 5 nitrogen and oxygen atoms in total. The summed E-state index contributed by atoms with van der Waals surface area (Å²) < 4.78 is 15.5. The molecule has 0 unspecified atom stereocenters. The zero-order valence-electron chi connectivity index (χ0n) is 17.7. The van der Waals surface area contributed by atoms with E-state index in [1.54, 1.807) is 13.0 Å². The van der Waals surface area contributed by atoms with Gasteiger partial charge in [0, 0.05) is 25.7 Å². The van der Waals surface area contributed by atoms with E-state index >= 15 is 0 Å². The predicted octanol–water partition coefficient (Wildman–Crippen LogP) is 3.41. The number of hydrogen-bond acceptors (Lipinski definition) is 4. The van der Waals surface area contributed by atoms with Crippen molar-refractivity contribution >= 4 is 11.0 Å². The summed E-state index contributed by atoms with van der Waals surface area (Å²) in [7, 11) is 0. The second kappa shape index (κ2) is 9.06. The number of fused-ring (bicyclic) bond motifs is 1. The van der Waals surface area contributed by atoms with Crippen LogP contribution in [0.15, 0.2) is 47.4 Å². The van der Waals surface area contributed by atoms with Crippen molar-refractivity contribution in [3.8, 4) is 0 Å². The molecule has 1 aromatic heterocycles. The van der Waals surface area contributed by atoms with Gasteiger partial charge in [0.05, 0.1) is 17.2 Å². The number of aromatic nitrogens is 2. The standard InChI is InChI=1S/C24H29FN4O/c1-17-3-6-22-23(13-17)29(24(30)16-27-22)12-11-28-9-7-20(8-10-28)26-15-19-5-4-18(2)21(25)14-19/h3-6,13-14,16,20,26H,7-12,15H2,1-2H3. The van der Waals surface area contributed by atoms with Gasteiger partial charge in [-0.15, -0.1) is 0 Å². The number of piperidine rings is 1. The van der Waals surface area contributed by atoms with Crippen LogP contribution in [-0.2, 0) is 13.1 Å². The van der Waals surface area contributed by atoms with Crippen molar-refractivity contribution in [3.63, 3.8) is 0 Å². The monoisotopic (exact) mass is 408 g/mol. The normalized spacial score (nSPS) is 15.7. The first-order valence-corrected chi connectivity index (χ1v) is 10.7. The van der Waals surface area contributed by atoms with Crippen LogP contribution < -0.4 is 10.9 Å². The average Bonchev–Trinajstić information content (AvgIpc) is 2.74. The summed E-state index contributed by atoms with van der Waals surface area (Å²) >= 11 is 0. The van der Waals surface area contributed by atoms with Gasteiger partial charge in [0.15, 0.2) is 0 Å². The number of hydrogen-bond donors (Lipinski definition) is 1. The van der Waals surface area contributed by atoms with Crippen LogP contribution in [0.5, 0.6) is 0 Å². The maximum absolute atomic E-state index is 13.7. The summed E-state index contributed by atoms with van der Waals surface area (Å²) in [6.45, 7) is 8.02. The number of halogens is 1. The lowest BCUT2D eigenvalue weighted by atomic mass is 10.0. The number of likely N-dealkylation sites (tertiary alicyclic amines) is 1. The van der Waals surface area contributed by atoms with Crippen LogP contribution in [0.25, 0.3) is 11.0 Å². The van der Waals surface area contributed by atoms with E-state index in [2.05, 4.69) is 15.2 Å². The molecule has 0 amide bonds. The fourth-order valence-corrected chi connectivity index (χ4v) is 4.11. The minimum Gasteiger partial charge on any atom is -0.310 e. The summed E-state index contributed by atoms with van der Waals surface area (Å²) in [5, 5.41) is 3.56. The van der Waals surface area contributed by atoms with Crippen molar-refractivity contribution in [2.75, 3.05) is 19.6 Å². The highest BCUT2D eigenvalue weighted by Crippen LogP contribution is 2.15. The maximum atomic E-state index is 13.7. The lowest BCUT2D eigenvalue weighted by Gasteiger charge is -2.32. The third kappa shape index (κ3) is 4.77. The molecule has 1 N–H and O–H groups in total. The third-order valence-electron chi connectivity index (χ3n) is 6.06. The van der Waals surface area contributed by atoms with Crippen molar-refractivity contribution in [1.29, 1.82) is 0 Å². The summed E-state index contributed by atoms with van der Waals surface area (Å²) in [4.78, 5) is 19.1. The van der Waals surface area contributed by atoms with Gasteiger partial charge >= 0.3 is 0 Å². The third-order valence-corrected chi connectivity index (χ3v) is 6.06. The summed E-state index contributed by atoms with van der Waals surface area (Å²) in [6, 6.07) is 11.9. The lowest BCUT2D eigenvalue weighted by molar-refractivity contribution is 0.191. The number of aryl methyl sites for hydroxylation is 2. The Morgan fingerprint density at radius 2 is 1.90 bits per heavy atom. The molecule has 0 aliphatic carbocycles. The van der Waals surface area contributed by atoms with Gasteiger partial charge < -0.3 is 14.8 Å². The highest BCUT2D eigenvalue weighted by molar-refractivity contribution is 5.75. The molecular formula is C24H29FN4O. The molecule has 0 bridgehead atoms. The summed E-state index contributed by atoms with van der Waals surface area (Å²) in [6.07, 6.45) is 3.53. The Kier molecular flexibility index (Phi) is 6.25. The highest BCUT2D eigenvalue weighted by atomic mass is 19.1. The van der Waals surface area contributed by atoms with Crippen LogP contribution in [-0.4, -0.2) is 40.1 Å². The first-order chi connectivity index (χ1) is 14.5. The zero-order valence-corrected chi connectivity index (χ0v) is 17.7. The van der Waals surface area contributed by atoms with Crippen molar-refractivity contribution in [2.45, 2.75) is 45.8 Å². The SMILES string of the molecule is Cc1ccc2ncc(=O)n(CCN3CCC(NCc4ccc(C)c(F)c4)CC3)c2c1. The number of nitrogens with zero attached hydrogens (tertiary/aromatic N) is 3. The van der Waals surface area contributed by atoms with Gasteiger partial charge in [-0.25, -0.2) is 9.37 Å². The zero-order chi connectivity index (χ0) is 21.1. The van der Waals surface area contributed by atoms with Crippen LogP contribution in [0.1, 0.15) is 29.5 Å². The molecule has 0 saturated carbocycles. The van der Waals surface area contributed by atoms with E-state index in [4.69, 9.17) is 0 Å². The topological polar surface area (TPSA) is 50.2 Å². The highest BCUT2D eigenvalue weighted by Gasteiger charge is 2.19. The molecule has 0 spiro atoms. The summed E-state index contributed by atoms with van der Waals surface area (Å²) in [5.41, 5.74) is 4.52. The fourth-order valence-electron chi connectivity index (χ4n) is 4.11. The van der Waals surface area contributed by atoms with Gasteiger partial charge in [-0.05, 0) is 74.7 Å². The van der Waals surface area contributed by atoms with Gasteiger partial charge in [-0.1, -0.05) is 18.2 Å². The minimum atomic E-state index is -0.141. The molecule has 158 valence electrons. The molecule has 2 heterocycles. The van der Waals surface area contributed by atoms with Crippen molar-refractivity contribution in [2.24, 2.45) is 0 Å². The van der Waals surface area contributed by atoms with Crippen LogP contribution >= 0.6 is 0 Å². The Morgan fingerprint density at radius 1 is 1.10 bits per heavy atom. The smallest absolute Gasteiger partial charge is 0.269 e. The first-order valence-electron chi connectivity index (χ1n) is 10.7. The van der Waals surface area contributed by atoms with Gasteiger partial charge in [0.25, 0.3) is 5.56 Å². The Labute approximate surface area is 176 Å². The molecule has 1 aliphatic heterocycles. The Bertz CT molecular complexity index is 1090. The average molecular weight is 409 g/mol. The molecule has 0 atom stereocenters. The molecule has 0 radical (unpaired) electrons. The van der Waals surface area contributed by atoms with E-state index in [0.29, 0.717) is 24.7 Å². The second-order valence-corrected chi connectivity index (χ2v) is 8.32. The second-order valence-electron chi connectivity index (χ2n) is 8.32. The number of nitrogens with one attached hydrogen (secondary N) is 1. The Hall–Kier alpha value is -2.57. The van der Waals surface area contributed by atoms with Gasteiger partial charge in [-0.3, -0.25) is 4.79 Å². The van der Waals surface area contributed by atoms with E-state index in [1.807, 2.05) is 41.8 Å². The molecule has 3 aromatic rings. The van der Waals surface area contributed by atoms with Crippen LogP contribution in [0, 0.1) is 19.7 Å². The Morgan fingerprint density at radius 3 is 2.67 bits per heavy atom. The van der Waals surface area contributed by atoms with E-state index in [1.165, 1.54) is 6.20 Å². The predicted molar refractivity (Wildman–Crippen MR) is 118 cm³/mol.